The molecular weight excluding hydrogens is 409 g/mol. The first kappa shape index (κ1) is 23.1. The van der Waals surface area contributed by atoms with Crippen molar-refractivity contribution in [3.05, 3.63) is 83.6 Å². The fourth-order valence-corrected chi connectivity index (χ4v) is 3.50. The summed E-state index contributed by atoms with van der Waals surface area (Å²) in [5.41, 5.74) is 2.67. The molecule has 1 heterocycles. The third-order valence-electron chi connectivity index (χ3n) is 4.87. The van der Waals surface area contributed by atoms with Crippen LogP contribution in [0.4, 0.5) is 15.8 Å². The Morgan fingerprint density at radius 2 is 1.84 bits per heavy atom. The van der Waals surface area contributed by atoms with Gasteiger partial charge in [0.15, 0.2) is 5.76 Å². The first-order valence-corrected chi connectivity index (χ1v) is 10.4. The molecule has 1 aromatic heterocycles. The molecule has 6 nitrogen and oxygen atoms in total. The van der Waals surface area contributed by atoms with Gasteiger partial charge < -0.3 is 19.5 Å². The van der Waals surface area contributed by atoms with Crippen LogP contribution in [0.25, 0.3) is 0 Å². The Kier molecular flexibility index (Phi) is 7.30. The van der Waals surface area contributed by atoms with Gasteiger partial charge in [-0.15, -0.1) is 0 Å². The van der Waals surface area contributed by atoms with Gasteiger partial charge >= 0.3 is 0 Å². The largest absolute Gasteiger partial charge is 0.459 e. The molecule has 0 aliphatic carbocycles. The Bertz CT molecular complexity index is 1080. The lowest BCUT2D eigenvalue weighted by atomic mass is 10.1. The zero-order valence-electron chi connectivity index (χ0n) is 18.8. The number of hydrogen-bond donors (Lipinski definition) is 1. The molecule has 2 aromatic carbocycles. The second-order valence-corrected chi connectivity index (χ2v) is 8.26. The average Bonchev–Trinajstić information content (AvgIpc) is 3.27. The second kappa shape index (κ2) is 10.1. The van der Waals surface area contributed by atoms with E-state index in [-0.39, 0.29) is 23.5 Å². The molecule has 0 radical (unpaired) electrons. The summed E-state index contributed by atoms with van der Waals surface area (Å²) < 4.78 is 18.9. The molecule has 0 saturated carbocycles. The Labute approximate surface area is 187 Å². The van der Waals surface area contributed by atoms with Crippen LogP contribution < -0.4 is 10.2 Å². The van der Waals surface area contributed by atoms with Crippen LogP contribution in [0.5, 0.6) is 0 Å². The van der Waals surface area contributed by atoms with E-state index in [1.54, 1.807) is 29.2 Å². The molecular formula is C25H28FN3O3. The van der Waals surface area contributed by atoms with Gasteiger partial charge in [0.2, 0.25) is 0 Å². The van der Waals surface area contributed by atoms with Crippen LogP contribution in [0, 0.1) is 11.7 Å². The summed E-state index contributed by atoms with van der Waals surface area (Å²) in [7, 11) is 3.84. The number of rotatable bonds is 8. The minimum absolute atomic E-state index is 0.214. The summed E-state index contributed by atoms with van der Waals surface area (Å²) in [6.07, 6.45) is 1.44. The Balaban J connectivity index is 1.91. The van der Waals surface area contributed by atoms with Crippen LogP contribution in [0.3, 0.4) is 0 Å². The van der Waals surface area contributed by atoms with Crippen LogP contribution in [-0.4, -0.2) is 37.4 Å². The minimum Gasteiger partial charge on any atom is -0.459 e. The Morgan fingerprint density at radius 1 is 1.06 bits per heavy atom. The van der Waals surface area contributed by atoms with Gasteiger partial charge in [0.25, 0.3) is 11.8 Å². The fourth-order valence-electron chi connectivity index (χ4n) is 3.50. The highest BCUT2D eigenvalue weighted by Crippen LogP contribution is 2.26. The number of amides is 2. The molecule has 0 bridgehead atoms. The number of hydrogen-bond acceptors (Lipinski definition) is 4. The van der Waals surface area contributed by atoms with Crippen molar-refractivity contribution in [2.75, 3.05) is 30.9 Å². The van der Waals surface area contributed by atoms with E-state index in [9.17, 15) is 14.0 Å². The van der Waals surface area contributed by atoms with E-state index in [0.717, 1.165) is 11.3 Å². The molecule has 2 amide bonds. The molecule has 0 aliphatic rings. The number of nitrogens with zero attached hydrogens (tertiary/aromatic N) is 2. The average molecular weight is 438 g/mol. The van der Waals surface area contributed by atoms with Gasteiger partial charge in [-0.3, -0.25) is 9.59 Å². The van der Waals surface area contributed by atoms with Crippen molar-refractivity contribution in [2.24, 2.45) is 5.92 Å². The monoisotopic (exact) mass is 437 g/mol. The van der Waals surface area contributed by atoms with Crippen molar-refractivity contribution in [3.63, 3.8) is 0 Å². The molecule has 0 saturated heterocycles. The summed E-state index contributed by atoms with van der Waals surface area (Å²) in [5.74, 6) is -0.610. The number of carbonyl (C=O) groups is 2. The van der Waals surface area contributed by atoms with Gasteiger partial charge in [-0.05, 0) is 60.0 Å². The van der Waals surface area contributed by atoms with Gasteiger partial charge in [0.1, 0.15) is 5.82 Å². The van der Waals surface area contributed by atoms with Crippen molar-refractivity contribution in [1.82, 2.24) is 4.90 Å². The maximum Gasteiger partial charge on any atom is 0.291 e. The van der Waals surface area contributed by atoms with E-state index in [2.05, 4.69) is 5.32 Å². The lowest BCUT2D eigenvalue weighted by Gasteiger charge is -2.27. The third kappa shape index (κ3) is 5.75. The van der Waals surface area contributed by atoms with Crippen molar-refractivity contribution in [3.8, 4) is 0 Å². The van der Waals surface area contributed by atoms with Gasteiger partial charge in [-0.2, -0.15) is 0 Å². The van der Waals surface area contributed by atoms with Crippen LogP contribution in [0.15, 0.2) is 65.3 Å². The summed E-state index contributed by atoms with van der Waals surface area (Å²) in [6.45, 7) is 4.87. The van der Waals surface area contributed by atoms with E-state index in [1.807, 2.05) is 45.0 Å². The zero-order valence-corrected chi connectivity index (χ0v) is 18.8. The predicted molar refractivity (Wildman–Crippen MR) is 123 cm³/mol. The number of anilines is 2. The molecule has 32 heavy (non-hydrogen) atoms. The van der Waals surface area contributed by atoms with Gasteiger partial charge in [-0.25, -0.2) is 4.39 Å². The normalized spacial score (nSPS) is 10.8. The van der Waals surface area contributed by atoms with Crippen LogP contribution in [0.2, 0.25) is 0 Å². The Hall–Kier alpha value is -3.61. The van der Waals surface area contributed by atoms with E-state index < -0.39 is 5.82 Å². The smallest absolute Gasteiger partial charge is 0.291 e. The molecule has 1 N–H and O–H groups in total. The highest BCUT2D eigenvalue weighted by Gasteiger charge is 2.20. The van der Waals surface area contributed by atoms with Crippen LogP contribution in [0.1, 0.15) is 40.3 Å². The van der Waals surface area contributed by atoms with Gasteiger partial charge in [-0.1, -0.05) is 19.9 Å². The zero-order chi connectivity index (χ0) is 23.3. The lowest BCUT2D eigenvalue weighted by molar-refractivity contribution is 0.0722. The molecule has 7 heteroatoms. The molecule has 0 aliphatic heterocycles. The van der Waals surface area contributed by atoms with E-state index in [0.29, 0.717) is 24.3 Å². The minimum atomic E-state index is -0.447. The summed E-state index contributed by atoms with van der Waals surface area (Å²) in [5, 5.41) is 2.83. The summed E-state index contributed by atoms with van der Waals surface area (Å²) >= 11 is 0. The molecule has 3 aromatic rings. The molecule has 168 valence electrons. The lowest BCUT2D eigenvalue weighted by Crippen LogP contribution is -2.34. The SMILES string of the molecule is CC(C)CN(Cc1cc(NC(=O)c2ccco2)ccc1N(C)C)C(=O)c1cccc(F)c1. The van der Waals surface area contributed by atoms with Crippen molar-refractivity contribution >= 4 is 23.2 Å². The van der Waals surface area contributed by atoms with Crippen molar-refractivity contribution < 1.29 is 18.4 Å². The maximum atomic E-state index is 13.7. The number of carbonyl (C=O) groups excluding carboxylic acids is 2. The van der Waals surface area contributed by atoms with Crippen LogP contribution in [-0.2, 0) is 6.54 Å². The highest BCUT2D eigenvalue weighted by molar-refractivity contribution is 6.02. The van der Waals surface area contributed by atoms with Gasteiger partial charge in [0.05, 0.1) is 6.26 Å². The number of furan rings is 1. The summed E-state index contributed by atoms with van der Waals surface area (Å²) in [4.78, 5) is 29.2. The van der Waals surface area contributed by atoms with E-state index >= 15 is 0 Å². The first-order valence-electron chi connectivity index (χ1n) is 10.4. The van der Waals surface area contributed by atoms with E-state index in [1.165, 1.54) is 24.5 Å². The van der Waals surface area contributed by atoms with Crippen molar-refractivity contribution in [1.29, 1.82) is 0 Å². The Morgan fingerprint density at radius 3 is 2.47 bits per heavy atom. The predicted octanol–water partition coefficient (Wildman–Crippen LogP) is 5.04. The van der Waals surface area contributed by atoms with E-state index in [4.69, 9.17) is 4.42 Å². The van der Waals surface area contributed by atoms with Crippen LogP contribution >= 0.6 is 0 Å². The van der Waals surface area contributed by atoms with Crippen molar-refractivity contribution in [2.45, 2.75) is 20.4 Å². The molecule has 0 atom stereocenters. The maximum absolute atomic E-state index is 13.7. The standard InChI is InChI=1S/C25H28FN3O3/c1-17(2)15-29(25(31)18-7-5-8-20(26)13-18)16-19-14-21(10-11-22(19)28(3)4)27-24(30)23-9-6-12-32-23/h5-14,17H,15-16H2,1-4H3,(H,27,30). The molecule has 0 fully saturated rings. The quantitative estimate of drug-likeness (QED) is 0.536. The first-order chi connectivity index (χ1) is 15.2. The number of benzene rings is 2. The topological polar surface area (TPSA) is 65.8 Å². The highest BCUT2D eigenvalue weighted by atomic mass is 19.1. The summed E-state index contributed by atoms with van der Waals surface area (Å²) in [6, 6.07) is 14.5. The third-order valence-corrected chi connectivity index (χ3v) is 4.87. The molecule has 0 spiro atoms. The number of nitrogens with one attached hydrogen (secondary N) is 1. The molecule has 0 unspecified atom stereocenters. The fraction of sp³-hybridized carbons (Fsp3) is 0.280. The number of halogens is 1. The second-order valence-electron chi connectivity index (χ2n) is 8.26. The van der Waals surface area contributed by atoms with Gasteiger partial charge in [0, 0.05) is 44.1 Å². The molecule has 3 rings (SSSR count).